The summed E-state index contributed by atoms with van der Waals surface area (Å²) >= 11 is 0. The molecule has 0 aliphatic rings. The maximum Gasteiger partial charge on any atom is 0.264 e. The number of hydrogen-bond donors (Lipinski definition) is 1. The smallest absolute Gasteiger partial charge is 0.264 e. The van der Waals surface area contributed by atoms with E-state index in [1.807, 2.05) is 6.92 Å². The molecule has 0 aliphatic heterocycles. The van der Waals surface area contributed by atoms with Gasteiger partial charge in [0.25, 0.3) is 10.0 Å². The van der Waals surface area contributed by atoms with Crippen molar-refractivity contribution in [3.05, 3.63) is 90.2 Å². The molecule has 0 saturated carbocycles. The van der Waals surface area contributed by atoms with Crippen molar-refractivity contribution >= 4 is 27.5 Å². The van der Waals surface area contributed by atoms with Gasteiger partial charge in [0.2, 0.25) is 11.8 Å². The van der Waals surface area contributed by atoms with E-state index in [2.05, 4.69) is 5.32 Å². The number of sulfonamides is 1. The predicted octanol–water partition coefficient (Wildman–Crippen LogP) is 4.75. The quantitative estimate of drug-likeness (QED) is 0.283. The molecule has 3 aromatic carbocycles. The van der Waals surface area contributed by atoms with E-state index < -0.39 is 34.3 Å². The van der Waals surface area contributed by atoms with E-state index in [0.29, 0.717) is 30.0 Å². The van der Waals surface area contributed by atoms with Crippen LogP contribution in [0.3, 0.4) is 0 Å². The Kier molecular flexibility index (Phi) is 11.1. The standard InChI is InChI=1S/C30H36FN3O5S/c1-4-6-20-32-30(36)28(5-2)33(21-23-12-14-24(31)15-13-23)29(35)22-34(25-10-8-7-9-11-25)40(37,38)27-18-16-26(39-3)17-19-27/h7-19,28H,4-6,20-22H2,1-3H3,(H,32,36)/t28-/m1/s1. The molecule has 2 amide bonds. The average molecular weight is 570 g/mol. The maximum atomic E-state index is 14.0. The minimum atomic E-state index is -4.18. The molecular formula is C30H36FN3O5S. The van der Waals surface area contributed by atoms with Crippen molar-refractivity contribution in [1.29, 1.82) is 0 Å². The van der Waals surface area contributed by atoms with Crippen LogP contribution in [0.25, 0.3) is 0 Å². The van der Waals surface area contributed by atoms with Crippen LogP contribution in [0.5, 0.6) is 5.75 Å². The molecule has 0 radical (unpaired) electrons. The number of rotatable bonds is 14. The number of anilines is 1. The number of nitrogens with one attached hydrogen (secondary N) is 1. The van der Waals surface area contributed by atoms with E-state index in [0.717, 1.165) is 17.1 Å². The summed E-state index contributed by atoms with van der Waals surface area (Å²) < 4.78 is 47.4. The first-order chi connectivity index (χ1) is 19.2. The largest absolute Gasteiger partial charge is 0.497 e. The molecule has 0 unspecified atom stereocenters. The molecule has 8 nitrogen and oxygen atoms in total. The Labute approximate surface area is 235 Å². The van der Waals surface area contributed by atoms with Gasteiger partial charge in [-0.25, -0.2) is 12.8 Å². The fourth-order valence-corrected chi connectivity index (χ4v) is 5.62. The van der Waals surface area contributed by atoms with Crippen LogP contribution in [0.2, 0.25) is 0 Å². The number of nitrogens with zero attached hydrogens (tertiary/aromatic N) is 2. The van der Waals surface area contributed by atoms with Crippen molar-refractivity contribution in [2.75, 3.05) is 24.5 Å². The molecule has 0 aliphatic carbocycles. The van der Waals surface area contributed by atoms with Crippen LogP contribution < -0.4 is 14.4 Å². The lowest BCUT2D eigenvalue weighted by molar-refractivity contribution is -0.140. The molecule has 0 bridgehead atoms. The van der Waals surface area contributed by atoms with Gasteiger partial charge in [0.15, 0.2) is 0 Å². The van der Waals surface area contributed by atoms with Crippen molar-refractivity contribution in [1.82, 2.24) is 10.2 Å². The zero-order valence-corrected chi connectivity index (χ0v) is 23.9. The Balaban J connectivity index is 2.00. The third-order valence-electron chi connectivity index (χ3n) is 6.45. The lowest BCUT2D eigenvalue weighted by atomic mass is 10.1. The van der Waals surface area contributed by atoms with Crippen LogP contribution in [0, 0.1) is 5.82 Å². The number of carbonyl (C=O) groups excluding carboxylic acids is 2. The highest BCUT2D eigenvalue weighted by atomic mass is 32.2. The number of hydrogen-bond acceptors (Lipinski definition) is 5. The first-order valence-electron chi connectivity index (χ1n) is 13.2. The number of benzene rings is 3. The Morgan fingerprint density at radius 2 is 1.60 bits per heavy atom. The van der Waals surface area contributed by atoms with Crippen LogP contribution in [0.4, 0.5) is 10.1 Å². The fraction of sp³-hybridized carbons (Fsp3) is 0.333. The summed E-state index contributed by atoms with van der Waals surface area (Å²) in [4.78, 5) is 28.5. The monoisotopic (exact) mass is 569 g/mol. The zero-order valence-electron chi connectivity index (χ0n) is 23.0. The number of amides is 2. The second-order valence-corrected chi connectivity index (χ2v) is 11.1. The fourth-order valence-electron chi connectivity index (χ4n) is 4.21. The summed E-state index contributed by atoms with van der Waals surface area (Å²) in [5.41, 5.74) is 0.910. The summed E-state index contributed by atoms with van der Waals surface area (Å²) in [5, 5.41) is 2.88. The van der Waals surface area contributed by atoms with Crippen molar-refractivity contribution in [2.24, 2.45) is 0 Å². The molecule has 1 atom stereocenters. The highest BCUT2D eigenvalue weighted by Gasteiger charge is 2.33. The van der Waals surface area contributed by atoms with E-state index in [1.165, 1.54) is 48.4 Å². The van der Waals surface area contributed by atoms with Crippen LogP contribution in [-0.4, -0.2) is 51.4 Å². The van der Waals surface area contributed by atoms with Gasteiger partial charge in [0.05, 0.1) is 17.7 Å². The number of carbonyl (C=O) groups is 2. The summed E-state index contributed by atoms with van der Waals surface area (Å²) in [7, 11) is -2.69. The summed E-state index contributed by atoms with van der Waals surface area (Å²) in [6.45, 7) is 3.72. The molecule has 40 heavy (non-hydrogen) atoms. The van der Waals surface area contributed by atoms with Crippen molar-refractivity contribution < 1.29 is 27.1 Å². The van der Waals surface area contributed by atoms with Gasteiger partial charge in [-0.05, 0) is 66.9 Å². The molecule has 3 rings (SSSR count). The summed E-state index contributed by atoms with van der Waals surface area (Å²) in [5.74, 6) is -0.822. The van der Waals surface area contributed by atoms with Crippen molar-refractivity contribution in [3.63, 3.8) is 0 Å². The molecule has 3 aromatic rings. The highest BCUT2D eigenvalue weighted by Crippen LogP contribution is 2.26. The molecule has 0 aromatic heterocycles. The first-order valence-corrected chi connectivity index (χ1v) is 14.7. The predicted molar refractivity (Wildman–Crippen MR) is 153 cm³/mol. The molecule has 0 saturated heterocycles. The van der Waals surface area contributed by atoms with E-state index in [-0.39, 0.29) is 17.3 Å². The van der Waals surface area contributed by atoms with Gasteiger partial charge in [0.1, 0.15) is 24.2 Å². The van der Waals surface area contributed by atoms with Gasteiger partial charge in [-0.2, -0.15) is 0 Å². The SMILES string of the molecule is CCCCNC(=O)[C@@H](CC)N(Cc1ccc(F)cc1)C(=O)CN(c1ccccc1)S(=O)(=O)c1ccc(OC)cc1. The lowest BCUT2D eigenvalue weighted by Gasteiger charge is -2.33. The highest BCUT2D eigenvalue weighted by molar-refractivity contribution is 7.92. The van der Waals surface area contributed by atoms with Crippen LogP contribution in [-0.2, 0) is 26.2 Å². The minimum Gasteiger partial charge on any atom is -0.497 e. The Bertz CT molecular complexity index is 1350. The molecule has 0 heterocycles. The van der Waals surface area contributed by atoms with Gasteiger partial charge in [-0.1, -0.05) is 50.6 Å². The third kappa shape index (κ3) is 7.81. The number of methoxy groups -OCH3 is 1. The molecule has 0 fully saturated rings. The maximum absolute atomic E-state index is 14.0. The van der Waals surface area contributed by atoms with Crippen molar-refractivity contribution in [3.8, 4) is 5.75 Å². The van der Waals surface area contributed by atoms with Gasteiger partial charge >= 0.3 is 0 Å². The molecule has 214 valence electrons. The van der Waals surface area contributed by atoms with Crippen LogP contribution >= 0.6 is 0 Å². The molecular weight excluding hydrogens is 533 g/mol. The number of para-hydroxylation sites is 1. The van der Waals surface area contributed by atoms with Gasteiger partial charge in [-0.15, -0.1) is 0 Å². The second-order valence-electron chi connectivity index (χ2n) is 9.24. The number of halogens is 1. The molecule has 0 spiro atoms. The van der Waals surface area contributed by atoms with Gasteiger partial charge in [0, 0.05) is 13.1 Å². The zero-order chi connectivity index (χ0) is 29.1. The normalized spacial score (nSPS) is 11.9. The Hall–Kier alpha value is -3.92. The number of ether oxygens (including phenoxy) is 1. The van der Waals surface area contributed by atoms with E-state index in [9.17, 15) is 22.4 Å². The van der Waals surface area contributed by atoms with Crippen molar-refractivity contribution in [2.45, 2.75) is 50.6 Å². The van der Waals surface area contributed by atoms with E-state index >= 15 is 0 Å². The van der Waals surface area contributed by atoms with Gasteiger partial charge in [-0.3, -0.25) is 13.9 Å². The van der Waals surface area contributed by atoms with Gasteiger partial charge < -0.3 is 15.0 Å². The number of unbranched alkanes of at least 4 members (excludes halogenated alkanes) is 1. The molecule has 1 N–H and O–H groups in total. The topological polar surface area (TPSA) is 96.0 Å². The summed E-state index contributed by atoms with van der Waals surface area (Å²) in [6.07, 6.45) is 1.99. The lowest BCUT2D eigenvalue weighted by Crippen LogP contribution is -2.52. The second kappa shape index (κ2) is 14.5. The summed E-state index contributed by atoms with van der Waals surface area (Å²) in [6, 6.07) is 19.0. The first kappa shape index (κ1) is 30.6. The Morgan fingerprint density at radius 3 is 2.17 bits per heavy atom. The third-order valence-corrected chi connectivity index (χ3v) is 8.24. The van der Waals surface area contributed by atoms with E-state index in [4.69, 9.17) is 4.74 Å². The average Bonchev–Trinajstić information content (AvgIpc) is 2.97. The van der Waals surface area contributed by atoms with E-state index in [1.54, 1.807) is 49.4 Å². The molecule has 10 heteroatoms. The van der Waals surface area contributed by atoms with Crippen LogP contribution in [0.15, 0.2) is 83.8 Å². The Morgan fingerprint density at radius 1 is 0.950 bits per heavy atom. The van der Waals surface area contributed by atoms with Crippen LogP contribution in [0.1, 0.15) is 38.7 Å². The minimum absolute atomic E-state index is 0.00400.